The number of aryl methyl sites for hydroxylation is 1. The molecular weight excluding hydrogens is 390 g/mol. The van der Waals surface area contributed by atoms with Gasteiger partial charge in [0.2, 0.25) is 0 Å². The predicted octanol–water partition coefficient (Wildman–Crippen LogP) is 3.54. The third-order valence-electron chi connectivity index (χ3n) is 5.35. The van der Waals surface area contributed by atoms with Crippen LogP contribution < -0.4 is 5.56 Å². The number of fused-ring (bicyclic) bond motifs is 4. The molecule has 0 saturated carbocycles. The minimum atomic E-state index is -0.453. The molecule has 29 heavy (non-hydrogen) atoms. The van der Waals surface area contributed by atoms with Gasteiger partial charge in [0, 0.05) is 10.3 Å². The highest BCUT2D eigenvalue weighted by atomic mass is 32.1. The number of thiophene rings is 1. The standard InChI is InChI=1S/C21H19N3O4S/c1-11-6-7-13-16(8-11)29-21-19(13)20(26)22-17(23-21)10-27-18(25)9-14-12-4-2-3-5-15(12)28-24-14/h2-5,11H,6-10H2,1H3,(H,22,23,26)/t11-/m0/s1. The zero-order chi connectivity index (χ0) is 20.0. The monoisotopic (exact) mass is 409 g/mol. The quantitative estimate of drug-likeness (QED) is 0.518. The first kappa shape index (κ1) is 18.1. The smallest absolute Gasteiger partial charge is 0.312 e. The van der Waals surface area contributed by atoms with Crippen LogP contribution in [0.15, 0.2) is 33.6 Å². The fourth-order valence-corrected chi connectivity index (χ4v) is 5.27. The molecule has 0 bridgehead atoms. The van der Waals surface area contributed by atoms with Gasteiger partial charge in [-0.05, 0) is 42.9 Å². The SMILES string of the molecule is C[C@H]1CCc2c(sc3nc(COC(=O)Cc4noc5ccccc45)[nH]c(=O)c23)C1. The van der Waals surface area contributed by atoms with Crippen LogP contribution in [0.25, 0.3) is 21.2 Å². The van der Waals surface area contributed by atoms with Gasteiger partial charge >= 0.3 is 5.97 Å². The van der Waals surface area contributed by atoms with Gasteiger partial charge in [-0.15, -0.1) is 11.3 Å². The van der Waals surface area contributed by atoms with Crippen LogP contribution in [0.2, 0.25) is 0 Å². The molecule has 3 aromatic heterocycles. The maximum absolute atomic E-state index is 12.6. The van der Waals surface area contributed by atoms with E-state index in [9.17, 15) is 9.59 Å². The first-order valence-electron chi connectivity index (χ1n) is 9.61. The highest BCUT2D eigenvalue weighted by molar-refractivity contribution is 7.18. The number of benzene rings is 1. The second kappa shape index (κ2) is 7.11. The molecule has 0 radical (unpaired) electrons. The van der Waals surface area contributed by atoms with Gasteiger partial charge in [-0.1, -0.05) is 24.2 Å². The van der Waals surface area contributed by atoms with Gasteiger partial charge in [-0.25, -0.2) is 4.98 Å². The topological polar surface area (TPSA) is 98.1 Å². The lowest BCUT2D eigenvalue weighted by Crippen LogP contribution is -2.16. The number of nitrogens with zero attached hydrogens (tertiary/aromatic N) is 2. The molecule has 1 aromatic carbocycles. The Morgan fingerprint density at radius 2 is 2.24 bits per heavy atom. The van der Waals surface area contributed by atoms with Crippen molar-refractivity contribution in [1.29, 1.82) is 0 Å². The third kappa shape index (κ3) is 3.33. The van der Waals surface area contributed by atoms with Crippen LogP contribution in [0.3, 0.4) is 0 Å². The molecule has 0 unspecified atom stereocenters. The minimum absolute atomic E-state index is 0.00528. The summed E-state index contributed by atoms with van der Waals surface area (Å²) in [6.07, 6.45) is 3.00. The van der Waals surface area contributed by atoms with Gasteiger partial charge in [0.25, 0.3) is 5.56 Å². The lowest BCUT2D eigenvalue weighted by Gasteiger charge is -2.17. The first-order valence-corrected chi connectivity index (χ1v) is 10.4. The van der Waals surface area contributed by atoms with Crippen LogP contribution in [0.4, 0.5) is 0 Å². The number of rotatable bonds is 4. The highest BCUT2D eigenvalue weighted by Gasteiger charge is 2.23. The van der Waals surface area contributed by atoms with Gasteiger partial charge in [0.05, 0.1) is 11.8 Å². The van der Waals surface area contributed by atoms with Gasteiger partial charge in [0.15, 0.2) is 5.58 Å². The fraction of sp³-hybridized carbons (Fsp3) is 0.333. The molecule has 1 aliphatic carbocycles. The lowest BCUT2D eigenvalue weighted by atomic mass is 9.89. The van der Waals surface area contributed by atoms with Gasteiger partial charge in [0.1, 0.15) is 23.0 Å². The van der Waals surface area contributed by atoms with Gasteiger partial charge < -0.3 is 14.2 Å². The number of ether oxygens (including phenoxy) is 1. The number of carbonyl (C=O) groups excluding carboxylic acids is 1. The van der Waals surface area contributed by atoms with Crippen LogP contribution in [0.5, 0.6) is 0 Å². The number of para-hydroxylation sites is 1. The molecule has 8 heteroatoms. The summed E-state index contributed by atoms with van der Waals surface area (Å²) >= 11 is 1.58. The van der Waals surface area contributed by atoms with E-state index < -0.39 is 5.97 Å². The molecule has 0 aliphatic heterocycles. The van der Waals surface area contributed by atoms with Crippen molar-refractivity contribution in [3.05, 3.63) is 56.6 Å². The zero-order valence-electron chi connectivity index (χ0n) is 15.9. The van der Waals surface area contributed by atoms with Crippen LogP contribution >= 0.6 is 11.3 Å². The van der Waals surface area contributed by atoms with Crippen molar-refractivity contribution in [1.82, 2.24) is 15.1 Å². The van der Waals surface area contributed by atoms with E-state index in [2.05, 4.69) is 22.0 Å². The van der Waals surface area contributed by atoms with Crippen molar-refractivity contribution in [2.45, 2.75) is 39.2 Å². The van der Waals surface area contributed by atoms with Crippen LogP contribution in [-0.4, -0.2) is 21.1 Å². The molecule has 3 heterocycles. The van der Waals surface area contributed by atoms with Crippen LogP contribution in [-0.2, 0) is 35.4 Å². The lowest BCUT2D eigenvalue weighted by molar-refractivity contribution is -0.144. The van der Waals surface area contributed by atoms with E-state index in [1.54, 1.807) is 17.4 Å². The van der Waals surface area contributed by atoms with E-state index >= 15 is 0 Å². The zero-order valence-corrected chi connectivity index (χ0v) is 16.7. The van der Waals surface area contributed by atoms with Crippen molar-refractivity contribution >= 4 is 38.5 Å². The normalized spacial score (nSPS) is 16.2. The summed E-state index contributed by atoms with van der Waals surface area (Å²) in [5.74, 6) is 0.529. The molecule has 1 aliphatic rings. The molecule has 5 rings (SSSR count). The van der Waals surface area contributed by atoms with E-state index in [1.165, 1.54) is 4.88 Å². The van der Waals surface area contributed by atoms with Crippen LogP contribution in [0, 0.1) is 5.92 Å². The summed E-state index contributed by atoms with van der Waals surface area (Å²) in [5.41, 5.74) is 2.14. The van der Waals surface area contributed by atoms with Gasteiger partial charge in [-0.2, -0.15) is 0 Å². The Bertz CT molecular complexity index is 1290. The molecule has 0 spiro atoms. The number of carbonyl (C=O) groups is 1. The van der Waals surface area contributed by atoms with Crippen LogP contribution in [0.1, 0.15) is 35.3 Å². The van der Waals surface area contributed by atoms with E-state index in [0.29, 0.717) is 28.4 Å². The number of nitrogens with one attached hydrogen (secondary N) is 1. The Hall–Kier alpha value is -3.00. The Morgan fingerprint density at radius 1 is 1.38 bits per heavy atom. The number of hydrogen-bond acceptors (Lipinski definition) is 7. The van der Waals surface area contributed by atoms with Crippen molar-refractivity contribution < 1.29 is 14.1 Å². The Labute approximate surface area is 169 Å². The van der Waals surface area contributed by atoms with Crippen molar-refractivity contribution in [2.24, 2.45) is 5.92 Å². The van der Waals surface area contributed by atoms with Crippen molar-refractivity contribution in [3.63, 3.8) is 0 Å². The molecule has 1 N–H and O–H groups in total. The minimum Gasteiger partial charge on any atom is -0.457 e. The number of aromatic amines is 1. The summed E-state index contributed by atoms with van der Waals surface area (Å²) in [5, 5.41) is 5.42. The summed E-state index contributed by atoms with van der Waals surface area (Å²) in [4.78, 5) is 34.1. The molecule has 0 fully saturated rings. The fourth-order valence-electron chi connectivity index (χ4n) is 3.86. The summed E-state index contributed by atoms with van der Waals surface area (Å²) in [6.45, 7) is 2.15. The maximum Gasteiger partial charge on any atom is 0.312 e. The second-order valence-corrected chi connectivity index (χ2v) is 8.59. The second-order valence-electron chi connectivity index (χ2n) is 7.51. The van der Waals surface area contributed by atoms with E-state index in [-0.39, 0.29) is 18.6 Å². The molecule has 0 saturated heterocycles. The van der Waals surface area contributed by atoms with E-state index in [4.69, 9.17) is 9.26 Å². The number of esters is 1. The summed E-state index contributed by atoms with van der Waals surface area (Å²) in [7, 11) is 0. The molecular formula is C21H19N3O4S. The van der Waals surface area contributed by atoms with Crippen molar-refractivity contribution in [2.75, 3.05) is 0 Å². The highest BCUT2D eigenvalue weighted by Crippen LogP contribution is 2.35. The molecule has 148 valence electrons. The summed E-state index contributed by atoms with van der Waals surface area (Å²) in [6, 6.07) is 7.35. The molecule has 7 nitrogen and oxygen atoms in total. The molecule has 4 aromatic rings. The Kier molecular flexibility index (Phi) is 4.43. The average molecular weight is 409 g/mol. The van der Waals surface area contributed by atoms with Gasteiger partial charge in [-0.3, -0.25) is 9.59 Å². The number of aromatic nitrogens is 3. The largest absolute Gasteiger partial charge is 0.457 e. The van der Waals surface area contributed by atoms with E-state index in [1.807, 2.05) is 18.2 Å². The third-order valence-corrected chi connectivity index (χ3v) is 6.50. The number of hydrogen-bond donors (Lipinski definition) is 1. The molecule has 0 amide bonds. The first-order chi connectivity index (χ1) is 14.1. The maximum atomic E-state index is 12.6. The Balaban J connectivity index is 1.33. The number of H-pyrrole nitrogens is 1. The predicted molar refractivity (Wildman–Crippen MR) is 109 cm³/mol. The summed E-state index contributed by atoms with van der Waals surface area (Å²) < 4.78 is 10.5. The Morgan fingerprint density at radius 3 is 3.14 bits per heavy atom. The molecule has 1 atom stereocenters. The average Bonchev–Trinajstić information content (AvgIpc) is 3.27. The van der Waals surface area contributed by atoms with Crippen molar-refractivity contribution in [3.8, 4) is 0 Å². The van der Waals surface area contributed by atoms with E-state index in [0.717, 1.165) is 35.0 Å².